The smallest absolute Gasteiger partial charge is 0.260 e. The maximum atomic E-state index is 12.4. The van der Waals surface area contributed by atoms with Gasteiger partial charge in [-0.1, -0.05) is 32.0 Å². The first-order valence-corrected chi connectivity index (χ1v) is 8.66. The van der Waals surface area contributed by atoms with Crippen molar-refractivity contribution in [2.24, 2.45) is 0 Å². The van der Waals surface area contributed by atoms with Gasteiger partial charge < -0.3 is 14.5 Å². The number of carbonyl (C=O) groups is 1. The van der Waals surface area contributed by atoms with Crippen molar-refractivity contribution in [3.8, 4) is 5.75 Å². The number of hydrogen-bond donors (Lipinski definition) is 0. The molecule has 6 nitrogen and oxygen atoms in total. The fraction of sp³-hybridized carbons (Fsp3) is 0.421. The molecule has 6 heteroatoms. The molecule has 0 bridgehead atoms. The number of amides is 1. The SMILES string of the molecule is CC(C)c1ccccc1OCC(=O)N1CCN(c2ncccn2)CC1. The van der Waals surface area contributed by atoms with Gasteiger partial charge in [0.2, 0.25) is 5.95 Å². The minimum atomic E-state index is 0.0205. The third kappa shape index (κ3) is 4.26. The summed E-state index contributed by atoms with van der Waals surface area (Å²) < 4.78 is 5.80. The van der Waals surface area contributed by atoms with E-state index in [0.717, 1.165) is 30.4 Å². The van der Waals surface area contributed by atoms with Crippen LogP contribution in [0.5, 0.6) is 5.75 Å². The van der Waals surface area contributed by atoms with Crippen LogP contribution in [-0.4, -0.2) is 53.6 Å². The van der Waals surface area contributed by atoms with E-state index in [1.807, 2.05) is 29.2 Å². The summed E-state index contributed by atoms with van der Waals surface area (Å²) in [7, 11) is 0. The molecule has 0 aliphatic carbocycles. The van der Waals surface area contributed by atoms with Crippen LogP contribution in [0.25, 0.3) is 0 Å². The second kappa shape index (κ2) is 7.96. The van der Waals surface area contributed by atoms with E-state index < -0.39 is 0 Å². The summed E-state index contributed by atoms with van der Waals surface area (Å²) in [5.41, 5.74) is 1.13. The van der Waals surface area contributed by atoms with Gasteiger partial charge in [0.25, 0.3) is 5.91 Å². The monoisotopic (exact) mass is 340 g/mol. The Kier molecular flexibility index (Phi) is 5.48. The lowest BCUT2D eigenvalue weighted by Gasteiger charge is -2.34. The van der Waals surface area contributed by atoms with Gasteiger partial charge in [-0.2, -0.15) is 0 Å². The Balaban J connectivity index is 1.52. The van der Waals surface area contributed by atoms with Gasteiger partial charge in [-0.05, 0) is 23.6 Å². The molecular weight excluding hydrogens is 316 g/mol. The van der Waals surface area contributed by atoms with Crippen molar-refractivity contribution in [3.63, 3.8) is 0 Å². The quantitative estimate of drug-likeness (QED) is 0.836. The van der Waals surface area contributed by atoms with E-state index in [9.17, 15) is 4.79 Å². The lowest BCUT2D eigenvalue weighted by atomic mass is 10.0. The van der Waals surface area contributed by atoms with Crippen molar-refractivity contribution < 1.29 is 9.53 Å². The van der Waals surface area contributed by atoms with Crippen molar-refractivity contribution in [1.29, 1.82) is 0 Å². The standard InChI is InChI=1S/C19H24N4O2/c1-15(2)16-6-3-4-7-17(16)25-14-18(24)22-10-12-23(13-11-22)19-20-8-5-9-21-19/h3-9,15H,10-14H2,1-2H3. The minimum Gasteiger partial charge on any atom is -0.483 e. The topological polar surface area (TPSA) is 58.6 Å². The van der Waals surface area contributed by atoms with Crippen molar-refractivity contribution in [2.75, 3.05) is 37.7 Å². The summed E-state index contributed by atoms with van der Waals surface area (Å²) in [4.78, 5) is 24.9. The molecule has 0 unspecified atom stereocenters. The Labute approximate surface area is 148 Å². The van der Waals surface area contributed by atoms with E-state index in [-0.39, 0.29) is 12.5 Å². The van der Waals surface area contributed by atoms with Crippen LogP contribution in [0.3, 0.4) is 0 Å². The highest BCUT2D eigenvalue weighted by molar-refractivity contribution is 5.78. The van der Waals surface area contributed by atoms with Crippen molar-refractivity contribution in [3.05, 3.63) is 48.3 Å². The van der Waals surface area contributed by atoms with Crippen LogP contribution in [-0.2, 0) is 4.79 Å². The van der Waals surface area contributed by atoms with Crippen LogP contribution in [0, 0.1) is 0 Å². The van der Waals surface area contributed by atoms with Crippen molar-refractivity contribution in [2.45, 2.75) is 19.8 Å². The molecule has 1 aromatic carbocycles. The van der Waals surface area contributed by atoms with Crippen LogP contribution < -0.4 is 9.64 Å². The van der Waals surface area contributed by atoms with E-state index in [0.29, 0.717) is 19.0 Å². The molecular formula is C19H24N4O2. The van der Waals surface area contributed by atoms with Gasteiger partial charge in [0.05, 0.1) is 0 Å². The first-order chi connectivity index (χ1) is 12.1. The summed E-state index contributed by atoms with van der Waals surface area (Å²) in [6.45, 7) is 7.10. The summed E-state index contributed by atoms with van der Waals surface area (Å²) in [6.07, 6.45) is 3.47. The maximum Gasteiger partial charge on any atom is 0.260 e. The number of ether oxygens (including phenoxy) is 1. The van der Waals surface area contributed by atoms with Gasteiger partial charge >= 0.3 is 0 Å². The normalized spacial score (nSPS) is 14.7. The van der Waals surface area contributed by atoms with Gasteiger partial charge in [0, 0.05) is 38.6 Å². The largest absolute Gasteiger partial charge is 0.483 e. The highest BCUT2D eigenvalue weighted by Crippen LogP contribution is 2.25. The van der Waals surface area contributed by atoms with Gasteiger partial charge in [0.1, 0.15) is 5.75 Å². The van der Waals surface area contributed by atoms with Gasteiger partial charge in [-0.15, -0.1) is 0 Å². The van der Waals surface area contributed by atoms with Crippen molar-refractivity contribution in [1.82, 2.24) is 14.9 Å². The Morgan fingerprint density at radius 3 is 2.44 bits per heavy atom. The number of nitrogens with zero attached hydrogens (tertiary/aromatic N) is 4. The van der Waals surface area contributed by atoms with Crippen LogP contribution >= 0.6 is 0 Å². The molecule has 25 heavy (non-hydrogen) atoms. The number of rotatable bonds is 5. The highest BCUT2D eigenvalue weighted by Gasteiger charge is 2.23. The molecule has 1 fully saturated rings. The highest BCUT2D eigenvalue weighted by atomic mass is 16.5. The molecule has 0 saturated carbocycles. The number of benzene rings is 1. The molecule has 1 amide bonds. The molecule has 0 radical (unpaired) electrons. The zero-order valence-electron chi connectivity index (χ0n) is 14.8. The fourth-order valence-electron chi connectivity index (χ4n) is 2.93. The van der Waals surface area contributed by atoms with Crippen LogP contribution in [0.2, 0.25) is 0 Å². The lowest BCUT2D eigenvalue weighted by molar-refractivity contribution is -0.133. The Hall–Kier alpha value is -2.63. The number of hydrogen-bond acceptors (Lipinski definition) is 5. The number of piperazine rings is 1. The molecule has 0 atom stereocenters. The van der Waals surface area contributed by atoms with Crippen LogP contribution in [0.15, 0.2) is 42.7 Å². The zero-order valence-corrected chi connectivity index (χ0v) is 14.8. The third-order valence-corrected chi connectivity index (χ3v) is 4.36. The van der Waals surface area contributed by atoms with Crippen LogP contribution in [0.1, 0.15) is 25.3 Å². The number of para-hydroxylation sites is 1. The molecule has 3 rings (SSSR count). The van der Waals surface area contributed by atoms with E-state index >= 15 is 0 Å². The maximum absolute atomic E-state index is 12.4. The molecule has 1 saturated heterocycles. The molecule has 0 spiro atoms. The second-order valence-electron chi connectivity index (χ2n) is 6.40. The summed E-state index contributed by atoms with van der Waals surface area (Å²) >= 11 is 0. The molecule has 2 aromatic rings. The first-order valence-electron chi connectivity index (χ1n) is 8.66. The summed E-state index contributed by atoms with van der Waals surface area (Å²) in [6, 6.07) is 9.70. The second-order valence-corrected chi connectivity index (χ2v) is 6.40. The van der Waals surface area contributed by atoms with E-state index in [1.54, 1.807) is 18.5 Å². The van der Waals surface area contributed by atoms with Crippen molar-refractivity contribution >= 4 is 11.9 Å². The Bertz CT molecular complexity index is 698. The Morgan fingerprint density at radius 1 is 1.08 bits per heavy atom. The van der Waals surface area contributed by atoms with E-state index in [2.05, 4.69) is 28.7 Å². The van der Waals surface area contributed by atoms with Crippen LogP contribution in [0.4, 0.5) is 5.95 Å². The van der Waals surface area contributed by atoms with E-state index in [1.165, 1.54) is 0 Å². The lowest BCUT2D eigenvalue weighted by Crippen LogP contribution is -2.50. The summed E-state index contributed by atoms with van der Waals surface area (Å²) in [5.74, 6) is 1.90. The molecule has 1 aliphatic heterocycles. The number of carbonyl (C=O) groups excluding carboxylic acids is 1. The average Bonchev–Trinajstić information content (AvgIpc) is 2.67. The van der Waals surface area contributed by atoms with Gasteiger partial charge in [-0.3, -0.25) is 4.79 Å². The van der Waals surface area contributed by atoms with Gasteiger partial charge in [0.15, 0.2) is 6.61 Å². The fourth-order valence-corrected chi connectivity index (χ4v) is 2.93. The summed E-state index contributed by atoms with van der Waals surface area (Å²) in [5, 5.41) is 0. The third-order valence-electron chi connectivity index (χ3n) is 4.36. The molecule has 1 aliphatic rings. The number of aromatic nitrogens is 2. The van der Waals surface area contributed by atoms with E-state index in [4.69, 9.17) is 4.74 Å². The zero-order chi connectivity index (χ0) is 17.6. The predicted molar refractivity (Wildman–Crippen MR) is 96.9 cm³/mol. The molecule has 0 N–H and O–H groups in total. The minimum absolute atomic E-state index is 0.0205. The van der Waals surface area contributed by atoms with Gasteiger partial charge in [-0.25, -0.2) is 9.97 Å². The average molecular weight is 340 g/mol. The predicted octanol–water partition coefficient (Wildman–Crippen LogP) is 2.33. The Morgan fingerprint density at radius 2 is 1.76 bits per heavy atom. The molecule has 2 heterocycles. The molecule has 132 valence electrons. The number of anilines is 1. The first kappa shape index (κ1) is 17.2. The molecule has 1 aromatic heterocycles.